The minimum absolute atomic E-state index is 0.158. The number of anilines is 1. The van der Waals surface area contributed by atoms with Crippen LogP contribution in [0.4, 0.5) is 5.69 Å². The van der Waals surface area contributed by atoms with Crippen LogP contribution in [0.25, 0.3) is 0 Å². The number of aryl methyl sites for hydroxylation is 1. The Morgan fingerprint density at radius 1 is 1.08 bits per heavy atom. The highest BCUT2D eigenvalue weighted by molar-refractivity contribution is 6.34. The van der Waals surface area contributed by atoms with Gasteiger partial charge in [0.15, 0.2) is 6.61 Å². The molecule has 2 rings (SSSR count). The summed E-state index contributed by atoms with van der Waals surface area (Å²) < 4.78 is 15.2. The molecule has 0 fully saturated rings. The Kier molecular flexibility index (Phi) is 6.71. The molecule has 0 spiro atoms. The number of ether oxygens (including phenoxy) is 3. The molecule has 138 valence electrons. The highest BCUT2D eigenvalue weighted by atomic mass is 35.5. The van der Waals surface area contributed by atoms with E-state index < -0.39 is 11.9 Å². The van der Waals surface area contributed by atoms with Crippen molar-refractivity contribution >= 4 is 40.8 Å². The molecular weight excluding hydrogens is 381 g/mol. The van der Waals surface area contributed by atoms with Gasteiger partial charge in [0.2, 0.25) is 0 Å². The van der Waals surface area contributed by atoms with Gasteiger partial charge in [-0.05, 0) is 36.8 Å². The van der Waals surface area contributed by atoms with Crippen LogP contribution in [0.5, 0.6) is 11.5 Å². The van der Waals surface area contributed by atoms with Crippen molar-refractivity contribution in [3.05, 3.63) is 51.5 Å². The highest BCUT2D eigenvalue weighted by Crippen LogP contribution is 2.31. The van der Waals surface area contributed by atoms with E-state index in [1.807, 2.05) is 6.92 Å². The molecule has 0 heterocycles. The maximum Gasteiger partial charge on any atom is 0.341 e. The zero-order valence-corrected chi connectivity index (χ0v) is 15.9. The van der Waals surface area contributed by atoms with Crippen molar-refractivity contribution in [1.29, 1.82) is 0 Å². The van der Waals surface area contributed by atoms with Crippen LogP contribution < -0.4 is 14.8 Å². The van der Waals surface area contributed by atoms with Crippen molar-refractivity contribution in [2.75, 3.05) is 26.1 Å². The number of halogens is 2. The van der Waals surface area contributed by atoms with Gasteiger partial charge in [0.25, 0.3) is 5.91 Å². The van der Waals surface area contributed by atoms with Crippen molar-refractivity contribution in [3.63, 3.8) is 0 Å². The summed E-state index contributed by atoms with van der Waals surface area (Å²) in [5.74, 6) is -0.270. The fourth-order valence-electron chi connectivity index (χ4n) is 2.13. The van der Waals surface area contributed by atoms with Gasteiger partial charge in [-0.2, -0.15) is 0 Å². The average Bonchev–Trinajstić information content (AvgIpc) is 2.63. The van der Waals surface area contributed by atoms with Crippen LogP contribution in [-0.4, -0.2) is 32.7 Å². The molecule has 0 aromatic heterocycles. The van der Waals surface area contributed by atoms with Gasteiger partial charge in [-0.1, -0.05) is 23.2 Å². The molecule has 1 N–H and O–H groups in total. The first kappa shape index (κ1) is 19.9. The summed E-state index contributed by atoms with van der Waals surface area (Å²) in [5.41, 5.74) is 1.29. The molecule has 0 saturated carbocycles. The number of carbonyl (C=O) groups is 2. The molecule has 2 aromatic rings. The number of rotatable bonds is 6. The van der Waals surface area contributed by atoms with E-state index in [1.54, 1.807) is 18.2 Å². The minimum atomic E-state index is -0.594. The molecule has 0 unspecified atom stereocenters. The lowest BCUT2D eigenvalue weighted by molar-refractivity contribution is -0.118. The van der Waals surface area contributed by atoms with E-state index in [2.05, 4.69) is 10.1 Å². The first-order valence-electron chi connectivity index (χ1n) is 7.50. The first-order chi connectivity index (χ1) is 12.3. The summed E-state index contributed by atoms with van der Waals surface area (Å²) in [6.45, 7) is 1.61. The monoisotopic (exact) mass is 397 g/mol. The molecule has 1 amide bonds. The lowest BCUT2D eigenvalue weighted by Gasteiger charge is -2.13. The summed E-state index contributed by atoms with van der Waals surface area (Å²) in [6, 6.07) is 7.90. The predicted molar refractivity (Wildman–Crippen MR) is 99.7 cm³/mol. The van der Waals surface area contributed by atoms with E-state index in [-0.39, 0.29) is 28.6 Å². The van der Waals surface area contributed by atoms with Gasteiger partial charge in [-0.25, -0.2) is 4.79 Å². The topological polar surface area (TPSA) is 73.9 Å². The first-order valence-corrected chi connectivity index (χ1v) is 8.26. The number of benzene rings is 2. The lowest BCUT2D eigenvalue weighted by Crippen LogP contribution is -2.20. The summed E-state index contributed by atoms with van der Waals surface area (Å²) in [6.07, 6.45) is 0. The standard InChI is InChI=1S/C18H17Cl2NO5/c1-10-6-11(4-5-13(10)19)26-9-17(22)21-15-8-16(24-2)12(7-14(15)20)18(23)25-3/h4-8H,9H2,1-3H3,(H,21,22). The van der Waals surface area contributed by atoms with Crippen LogP contribution in [0.2, 0.25) is 10.0 Å². The molecular formula is C18H17Cl2NO5. The maximum atomic E-state index is 12.1. The van der Waals surface area contributed by atoms with Crippen molar-refractivity contribution < 1.29 is 23.8 Å². The fraction of sp³-hybridized carbons (Fsp3) is 0.222. The summed E-state index contributed by atoms with van der Waals surface area (Å²) >= 11 is 12.1. The Labute approximate surface area is 160 Å². The Morgan fingerprint density at radius 3 is 2.42 bits per heavy atom. The van der Waals surface area contributed by atoms with Crippen molar-refractivity contribution in [2.45, 2.75) is 6.92 Å². The smallest absolute Gasteiger partial charge is 0.341 e. The molecule has 0 bridgehead atoms. The summed E-state index contributed by atoms with van der Waals surface area (Å²) in [7, 11) is 2.65. The largest absolute Gasteiger partial charge is 0.496 e. The number of carbonyl (C=O) groups excluding carboxylic acids is 2. The Morgan fingerprint density at radius 2 is 1.81 bits per heavy atom. The second kappa shape index (κ2) is 8.78. The van der Waals surface area contributed by atoms with E-state index >= 15 is 0 Å². The van der Waals surface area contributed by atoms with Gasteiger partial charge in [0, 0.05) is 11.1 Å². The zero-order valence-electron chi connectivity index (χ0n) is 14.4. The summed E-state index contributed by atoms with van der Waals surface area (Å²) in [5, 5.41) is 3.40. The number of amides is 1. The molecule has 26 heavy (non-hydrogen) atoms. The number of hydrogen-bond acceptors (Lipinski definition) is 5. The molecule has 0 aliphatic carbocycles. The predicted octanol–water partition coefficient (Wildman–Crippen LogP) is 4.11. The summed E-state index contributed by atoms with van der Waals surface area (Å²) in [4.78, 5) is 23.8. The van der Waals surface area contributed by atoms with E-state index in [9.17, 15) is 9.59 Å². The molecule has 2 aromatic carbocycles. The third-order valence-electron chi connectivity index (χ3n) is 3.47. The number of esters is 1. The zero-order chi connectivity index (χ0) is 19.3. The van der Waals surface area contributed by atoms with Crippen LogP contribution in [-0.2, 0) is 9.53 Å². The van der Waals surface area contributed by atoms with Crippen molar-refractivity contribution in [1.82, 2.24) is 0 Å². The Bertz CT molecular complexity index is 839. The van der Waals surface area contributed by atoms with E-state index in [1.165, 1.54) is 26.4 Å². The van der Waals surface area contributed by atoms with Crippen LogP contribution >= 0.6 is 23.2 Å². The lowest BCUT2D eigenvalue weighted by atomic mass is 10.1. The molecule has 0 saturated heterocycles. The van der Waals surface area contributed by atoms with Crippen LogP contribution in [0.3, 0.4) is 0 Å². The van der Waals surface area contributed by atoms with Gasteiger partial charge in [0.1, 0.15) is 17.1 Å². The number of methoxy groups -OCH3 is 2. The molecule has 0 aliphatic rings. The second-order valence-electron chi connectivity index (χ2n) is 5.27. The van der Waals surface area contributed by atoms with E-state index in [0.29, 0.717) is 10.8 Å². The van der Waals surface area contributed by atoms with Gasteiger partial charge >= 0.3 is 5.97 Å². The fourth-order valence-corrected chi connectivity index (χ4v) is 2.46. The maximum absolute atomic E-state index is 12.1. The SMILES string of the molecule is COC(=O)c1cc(Cl)c(NC(=O)COc2ccc(Cl)c(C)c2)cc1OC. The molecule has 8 heteroatoms. The quantitative estimate of drug-likeness (QED) is 0.742. The second-order valence-corrected chi connectivity index (χ2v) is 6.09. The highest BCUT2D eigenvalue weighted by Gasteiger charge is 2.17. The van der Waals surface area contributed by atoms with E-state index in [4.69, 9.17) is 32.7 Å². The minimum Gasteiger partial charge on any atom is -0.496 e. The average molecular weight is 398 g/mol. The number of nitrogens with one attached hydrogen (secondary N) is 1. The Hall–Kier alpha value is -2.44. The van der Waals surface area contributed by atoms with Crippen molar-refractivity contribution in [3.8, 4) is 11.5 Å². The third-order valence-corrected chi connectivity index (χ3v) is 4.20. The Balaban J connectivity index is 2.08. The third kappa shape index (κ3) is 4.80. The van der Waals surface area contributed by atoms with Gasteiger partial charge in [0.05, 0.1) is 24.9 Å². The van der Waals surface area contributed by atoms with Gasteiger partial charge < -0.3 is 19.5 Å². The van der Waals surface area contributed by atoms with Crippen LogP contribution in [0.15, 0.2) is 30.3 Å². The van der Waals surface area contributed by atoms with E-state index in [0.717, 1.165) is 5.56 Å². The molecule has 0 aliphatic heterocycles. The number of hydrogen-bond donors (Lipinski definition) is 1. The van der Waals surface area contributed by atoms with Crippen molar-refractivity contribution in [2.24, 2.45) is 0 Å². The molecule has 6 nitrogen and oxygen atoms in total. The molecule has 0 radical (unpaired) electrons. The van der Waals surface area contributed by atoms with Gasteiger partial charge in [-0.3, -0.25) is 4.79 Å². The molecule has 0 atom stereocenters. The van der Waals surface area contributed by atoms with Crippen LogP contribution in [0, 0.1) is 6.92 Å². The van der Waals surface area contributed by atoms with Crippen LogP contribution in [0.1, 0.15) is 15.9 Å². The van der Waals surface area contributed by atoms with Gasteiger partial charge in [-0.15, -0.1) is 0 Å². The normalized spacial score (nSPS) is 10.2.